The molecule has 1 aromatic heterocycles. The summed E-state index contributed by atoms with van der Waals surface area (Å²) in [7, 11) is -1.02. The number of nitrogens with zero attached hydrogens (tertiary/aromatic N) is 4. The minimum absolute atomic E-state index is 0.00278. The van der Waals surface area contributed by atoms with Gasteiger partial charge in [0.05, 0.1) is 57.1 Å². The molecule has 0 saturated carbocycles. The van der Waals surface area contributed by atoms with E-state index < -0.39 is 81.8 Å². The Bertz CT molecular complexity index is 2740. The Balaban J connectivity index is 1.34. The van der Waals surface area contributed by atoms with E-state index in [0.29, 0.717) is 12.8 Å². The number of carbonyl (C=O) groups excluding carboxylic acids is 10. The lowest BCUT2D eigenvalue weighted by Crippen LogP contribution is -2.58. The molecule has 0 bridgehead atoms. The molecular weight excluding hydrogens is 1150 g/mol. The number of thiazole rings is 1. The van der Waals surface area contributed by atoms with Gasteiger partial charge in [-0.25, -0.2) is 22.9 Å². The molecule has 7 atom stereocenters. The van der Waals surface area contributed by atoms with Gasteiger partial charge in [-0.15, -0.1) is 11.3 Å². The smallest absolute Gasteiger partial charge is 0.312 e. The summed E-state index contributed by atoms with van der Waals surface area (Å²) < 4.78 is 51.2. The minimum atomic E-state index is -4.55. The second-order valence-electron chi connectivity index (χ2n) is 21.5. The predicted molar refractivity (Wildman–Crippen MR) is 312 cm³/mol. The van der Waals surface area contributed by atoms with E-state index in [4.69, 9.17) is 24.7 Å². The van der Waals surface area contributed by atoms with Crippen molar-refractivity contribution in [3.8, 4) is 0 Å². The average molecular weight is 1230 g/mol. The van der Waals surface area contributed by atoms with Crippen LogP contribution in [0.3, 0.4) is 0 Å². The summed E-state index contributed by atoms with van der Waals surface area (Å²) in [5.74, 6) is -5.77. The van der Waals surface area contributed by atoms with E-state index in [2.05, 4.69) is 31.6 Å². The maximum absolute atomic E-state index is 14.3. The van der Waals surface area contributed by atoms with Crippen LogP contribution in [0.25, 0.3) is 0 Å². The second-order valence-corrected chi connectivity index (χ2v) is 24.1. The number of likely N-dealkylation sites (tertiary alicyclic amines) is 1. The molecule has 85 heavy (non-hydrogen) atoms. The van der Waals surface area contributed by atoms with Gasteiger partial charge in [0, 0.05) is 62.6 Å². The zero-order chi connectivity index (χ0) is 63.0. The maximum Gasteiger partial charge on any atom is 0.312 e. The number of hydrogen-bond acceptors (Lipinski definition) is 19. The highest BCUT2D eigenvalue weighted by Gasteiger charge is 2.38. The Morgan fingerprint density at radius 2 is 1.47 bits per heavy atom. The summed E-state index contributed by atoms with van der Waals surface area (Å²) in [4.78, 5) is 137. The van der Waals surface area contributed by atoms with Crippen molar-refractivity contribution in [2.45, 2.75) is 141 Å². The molecule has 3 heterocycles. The van der Waals surface area contributed by atoms with Gasteiger partial charge in [0.2, 0.25) is 29.5 Å². The Morgan fingerprint density at radius 1 is 0.835 bits per heavy atom. The molecule has 1 saturated heterocycles. The monoisotopic (exact) mass is 1230 g/mol. The van der Waals surface area contributed by atoms with Crippen molar-refractivity contribution in [3.63, 3.8) is 0 Å². The van der Waals surface area contributed by atoms with Crippen LogP contribution in [0.5, 0.6) is 0 Å². The first-order valence-corrected chi connectivity index (χ1v) is 30.9. The molecule has 4 rings (SSSR count). The first-order chi connectivity index (χ1) is 40.2. The van der Waals surface area contributed by atoms with Crippen molar-refractivity contribution in [1.82, 2.24) is 45.7 Å². The largest absolute Gasteiger partial charge is 0.455 e. The fourth-order valence-corrected chi connectivity index (χ4v) is 11.1. The number of imide groups is 1. The summed E-state index contributed by atoms with van der Waals surface area (Å²) in [5.41, 5.74) is 5.02. The Kier molecular flexibility index (Phi) is 29.0. The van der Waals surface area contributed by atoms with Crippen molar-refractivity contribution >= 4 is 86.3 Å². The summed E-state index contributed by atoms with van der Waals surface area (Å²) in [6.07, 6.45) is 4.69. The van der Waals surface area contributed by atoms with Gasteiger partial charge in [-0.1, -0.05) is 54.4 Å². The van der Waals surface area contributed by atoms with E-state index in [1.807, 2.05) is 44.4 Å². The number of likely N-dealkylation sites (N-methyl/N-ethyl adjacent to an activating group) is 2. The molecule has 0 spiro atoms. The number of rotatable bonds is 36. The van der Waals surface area contributed by atoms with Crippen LogP contribution in [0.1, 0.15) is 121 Å². The lowest BCUT2D eigenvalue weighted by molar-refractivity contribution is -0.149. The van der Waals surface area contributed by atoms with Gasteiger partial charge in [0.1, 0.15) is 28.8 Å². The van der Waals surface area contributed by atoms with Crippen LogP contribution in [0.2, 0.25) is 0 Å². The second kappa shape index (κ2) is 34.9. The maximum atomic E-state index is 14.3. The number of primary amides is 1. The molecule has 1 aromatic carbocycles. The first kappa shape index (κ1) is 70.6. The van der Waals surface area contributed by atoms with E-state index in [1.165, 1.54) is 36.6 Å². The van der Waals surface area contributed by atoms with Gasteiger partial charge < -0.3 is 56.2 Å². The van der Waals surface area contributed by atoms with Crippen molar-refractivity contribution < 1.29 is 75.3 Å². The average Bonchev–Trinajstić information content (AvgIpc) is 4.32. The van der Waals surface area contributed by atoms with E-state index >= 15 is 0 Å². The Hall–Kier alpha value is -6.92. The number of sulfonamides is 1. The summed E-state index contributed by atoms with van der Waals surface area (Å²) in [6.45, 7) is 14.2. The highest BCUT2D eigenvalue weighted by molar-refractivity contribution is 7.90. The summed E-state index contributed by atoms with van der Waals surface area (Å²) in [5, 5.41) is 14.9. The van der Waals surface area contributed by atoms with Crippen LogP contribution in [0, 0.1) is 17.8 Å². The van der Waals surface area contributed by atoms with Gasteiger partial charge in [0.25, 0.3) is 27.7 Å². The molecule has 2 aromatic rings. The topological polar surface area (TPSA) is 363 Å². The molecule has 8 N–H and O–H groups in total. The number of carbonyl (C=O) groups is 10. The van der Waals surface area contributed by atoms with Crippen LogP contribution in [-0.4, -0.2) is 191 Å². The van der Waals surface area contributed by atoms with E-state index in [9.17, 15) is 56.4 Å². The zero-order valence-electron chi connectivity index (χ0n) is 50.0. The van der Waals surface area contributed by atoms with Gasteiger partial charge in [-0.2, -0.15) is 0 Å². The number of nitrogens with two attached hydrogens (primary N) is 1. The fourth-order valence-electron chi connectivity index (χ4n) is 9.28. The van der Waals surface area contributed by atoms with Crippen LogP contribution >= 0.6 is 11.3 Å². The van der Waals surface area contributed by atoms with E-state index in [1.54, 1.807) is 25.8 Å². The molecule has 0 unspecified atom stereocenters. The van der Waals surface area contributed by atoms with Gasteiger partial charge in [-0.3, -0.25) is 53.0 Å². The van der Waals surface area contributed by atoms with Crippen LogP contribution < -0.4 is 37.0 Å². The standard InChI is InChI=1S/C56H85N11O16S2/c1-10-36(6)49(63-52(74)42-15-11-12-24-65(42)8)55(76)66(9)43(34(2)3)32-44(83-37(7)68)54-61-41(33-84-54)51(73)64-85(78,79)39-18-16-38(17-19-39)59-50(72)40(14-13-23-58-56(57)77)60-53(75)48(35(4)5)62-45(69)22-26-80-28-30-82-31-29-81-27-25-67-46(70)20-21-47(67)71/h16-21,33-36,40,42-44,48-49H,10-15,22-32H2,1-9H3,(H,59,72)(H,60,75)(H,62,69)(H,63,74)(H,64,73)(H3,57,58,77)/t36-,40-,42+,43+,44+,48-,49-/m0/s1. The Labute approximate surface area is 501 Å². The number of anilines is 1. The molecule has 10 amide bonds. The third kappa shape index (κ3) is 22.8. The van der Waals surface area contributed by atoms with Gasteiger partial charge >= 0.3 is 12.0 Å². The fraction of sp³-hybridized carbons (Fsp3) is 0.625. The third-order valence-corrected chi connectivity index (χ3v) is 16.6. The number of urea groups is 1. The minimum Gasteiger partial charge on any atom is -0.455 e. The first-order valence-electron chi connectivity index (χ1n) is 28.5. The van der Waals surface area contributed by atoms with Crippen LogP contribution in [0.15, 0.2) is 46.7 Å². The van der Waals surface area contributed by atoms with Crippen molar-refractivity contribution in [2.24, 2.45) is 23.5 Å². The number of esters is 1. The third-order valence-electron chi connectivity index (χ3n) is 14.4. The number of hydrogen-bond donors (Lipinski definition) is 7. The highest BCUT2D eigenvalue weighted by atomic mass is 32.2. The van der Waals surface area contributed by atoms with Gasteiger partial charge in [0.15, 0.2) is 6.10 Å². The number of piperidine rings is 1. The molecule has 472 valence electrons. The predicted octanol–water partition coefficient (Wildman–Crippen LogP) is 2.13. The van der Waals surface area contributed by atoms with E-state index in [-0.39, 0.29) is 141 Å². The van der Waals surface area contributed by atoms with Crippen molar-refractivity contribution in [3.05, 3.63) is 52.5 Å². The molecule has 1 fully saturated rings. The molecule has 2 aliphatic heterocycles. The number of nitrogens with one attached hydrogen (secondary N) is 6. The lowest BCUT2D eigenvalue weighted by Gasteiger charge is -2.38. The molecule has 0 aliphatic carbocycles. The summed E-state index contributed by atoms with van der Waals surface area (Å²) in [6, 6.07) is -0.0140. The Morgan fingerprint density at radius 3 is 2.06 bits per heavy atom. The zero-order valence-corrected chi connectivity index (χ0v) is 51.6. The number of aromatic nitrogens is 1. The number of ether oxygens (including phenoxy) is 4. The molecule has 27 nitrogen and oxygen atoms in total. The molecular formula is C56H85N11O16S2. The SMILES string of the molecule is CC[C@H](C)[C@H](NC(=O)[C@H]1CCCCN1C)C(=O)N(C)[C@H](C[C@@H](OC(C)=O)c1nc(C(=O)NS(=O)(=O)c2ccc(NC(=O)[C@H](CCCNC(N)=O)NC(=O)[C@@H](NC(=O)CCOCCOCCOCCN3C(=O)C=CC3=O)C(C)C)cc2)cs1)C(C)C. The lowest BCUT2D eigenvalue weighted by atomic mass is 9.92. The number of amides is 10. The van der Waals surface area contributed by atoms with Crippen molar-refractivity contribution in [1.29, 1.82) is 0 Å². The quantitative estimate of drug-likeness (QED) is 0.0292. The van der Waals surface area contributed by atoms with Crippen LogP contribution in [-0.2, 0) is 67.3 Å². The van der Waals surface area contributed by atoms with E-state index in [0.717, 1.165) is 47.8 Å². The van der Waals surface area contributed by atoms with Crippen molar-refractivity contribution in [2.75, 3.05) is 78.7 Å². The molecule has 2 aliphatic rings. The number of benzene rings is 1. The van der Waals surface area contributed by atoms with Crippen LogP contribution in [0.4, 0.5) is 10.5 Å². The van der Waals surface area contributed by atoms with Gasteiger partial charge in [-0.05, 0) is 81.3 Å². The molecule has 29 heteroatoms. The highest BCUT2D eigenvalue weighted by Crippen LogP contribution is 2.31. The normalized spacial score (nSPS) is 16.6. The summed E-state index contributed by atoms with van der Waals surface area (Å²) >= 11 is 0.957. The molecule has 0 radical (unpaired) electrons.